The van der Waals surface area contributed by atoms with Crippen LogP contribution in [0.15, 0.2) is 18.2 Å². The first-order valence-electron chi connectivity index (χ1n) is 6.92. The number of thiocarbonyl (C=S) groups is 1. The summed E-state index contributed by atoms with van der Waals surface area (Å²) >= 11 is 5.34. The first kappa shape index (κ1) is 15.4. The van der Waals surface area contributed by atoms with E-state index in [0.717, 1.165) is 5.56 Å². The maximum Gasteiger partial charge on any atom is 0.169 e. The average molecular weight is 342 g/mol. The van der Waals surface area contributed by atoms with Crippen molar-refractivity contribution in [3.8, 4) is 11.5 Å². The molecule has 0 spiro atoms. The zero-order valence-corrected chi connectivity index (χ0v) is 14.0. The highest BCUT2D eigenvalue weighted by Gasteiger charge is 2.46. The Morgan fingerprint density at radius 2 is 2.00 bits per heavy atom. The molecule has 2 atom stereocenters. The highest BCUT2D eigenvalue weighted by Crippen LogP contribution is 2.30. The van der Waals surface area contributed by atoms with Crippen LogP contribution < -0.4 is 14.8 Å². The van der Waals surface area contributed by atoms with E-state index in [-0.39, 0.29) is 23.6 Å². The van der Waals surface area contributed by atoms with E-state index in [0.29, 0.717) is 23.2 Å². The second-order valence-corrected chi connectivity index (χ2v) is 8.06. The molecule has 0 aromatic heterocycles. The van der Waals surface area contributed by atoms with Crippen LogP contribution in [-0.2, 0) is 16.4 Å². The lowest BCUT2D eigenvalue weighted by molar-refractivity contribution is 0.341. The summed E-state index contributed by atoms with van der Waals surface area (Å²) in [6.45, 7) is 0.545. The zero-order valence-electron chi connectivity index (χ0n) is 12.4. The third-order valence-electron chi connectivity index (χ3n) is 4.09. The number of hydrogen-bond acceptors (Lipinski definition) is 5. The SMILES string of the molecule is COc1ccc(CN2C(=S)NC3CS(=O)(=O)CC32)cc1OC. The van der Waals surface area contributed by atoms with Crippen molar-refractivity contribution in [1.29, 1.82) is 0 Å². The first-order chi connectivity index (χ1) is 10.4. The van der Waals surface area contributed by atoms with Gasteiger partial charge in [-0.2, -0.15) is 0 Å². The molecule has 1 N–H and O–H groups in total. The van der Waals surface area contributed by atoms with Gasteiger partial charge in [0.15, 0.2) is 26.4 Å². The van der Waals surface area contributed by atoms with Gasteiger partial charge in [-0.3, -0.25) is 0 Å². The molecule has 0 saturated carbocycles. The topological polar surface area (TPSA) is 67.9 Å². The Balaban J connectivity index is 1.82. The maximum atomic E-state index is 11.8. The summed E-state index contributed by atoms with van der Waals surface area (Å²) < 4.78 is 34.1. The molecular weight excluding hydrogens is 324 g/mol. The van der Waals surface area contributed by atoms with Crippen molar-refractivity contribution in [2.45, 2.75) is 18.6 Å². The van der Waals surface area contributed by atoms with Crippen molar-refractivity contribution in [1.82, 2.24) is 10.2 Å². The minimum atomic E-state index is -2.99. The number of nitrogens with one attached hydrogen (secondary N) is 1. The highest BCUT2D eigenvalue weighted by molar-refractivity contribution is 7.91. The van der Waals surface area contributed by atoms with Gasteiger partial charge < -0.3 is 19.7 Å². The van der Waals surface area contributed by atoms with Gasteiger partial charge in [-0.15, -0.1) is 0 Å². The number of rotatable bonds is 4. The fourth-order valence-electron chi connectivity index (χ4n) is 3.03. The largest absolute Gasteiger partial charge is 0.493 e. The van der Waals surface area contributed by atoms with Crippen LogP contribution in [0, 0.1) is 0 Å². The normalized spacial score (nSPS) is 25.7. The van der Waals surface area contributed by atoms with Crippen molar-refractivity contribution in [2.24, 2.45) is 0 Å². The molecule has 1 aromatic rings. The van der Waals surface area contributed by atoms with Crippen molar-refractivity contribution < 1.29 is 17.9 Å². The van der Waals surface area contributed by atoms with Gasteiger partial charge >= 0.3 is 0 Å². The van der Waals surface area contributed by atoms with Crippen LogP contribution in [-0.4, -0.2) is 56.2 Å². The van der Waals surface area contributed by atoms with Crippen molar-refractivity contribution in [2.75, 3.05) is 25.7 Å². The predicted molar refractivity (Wildman–Crippen MR) is 87.1 cm³/mol. The number of sulfone groups is 1. The van der Waals surface area contributed by atoms with E-state index < -0.39 is 9.84 Å². The first-order valence-corrected chi connectivity index (χ1v) is 9.15. The molecule has 2 saturated heterocycles. The molecule has 0 aliphatic carbocycles. The van der Waals surface area contributed by atoms with Gasteiger partial charge in [-0.25, -0.2) is 8.42 Å². The molecule has 3 rings (SSSR count). The van der Waals surface area contributed by atoms with Crippen molar-refractivity contribution >= 4 is 27.2 Å². The molecule has 120 valence electrons. The molecule has 2 unspecified atom stereocenters. The number of hydrogen-bond donors (Lipinski definition) is 1. The van der Waals surface area contributed by atoms with Gasteiger partial charge in [0.25, 0.3) is 0 Å². The van der Waals surface area contributed by atoms with Crippen LogP contribution >= 0.6 is 12.2 Å². The molecule has 2 aliphatic heterocycles. The van der Waals surface area contributed by atoms with E-state index >= 15 is 0 Å². The molecule has 0 amide bonds. The lowest BCUT2D eigenvalue weighted by atomic mass is 10.1. The van der Waals surface area contributed by atoms with Crippen LogP contribution in [0.2, 0.25) is 0 Å². The van der Waals surface area contributed by atoms with Gasteiger partial charge in [-0.05, 0) is 29.9 Å². The average Bonchev–Trinajstić information content (AvgIpc) is 2.91. The van der Waals surface area contributed by atoms with Gasteiger partial charge in [0.2, 0.25) is 0 Å². The summed E-state index contributed by atoms with van der Waals surface area (Å²) in [5.74, 6) is 1.61. The quantitative estimate of drug-likeness (QED) is 0.802. The minimum absolute atomic E-state index is 0.0920. The van der Waals surface area contributed by atoms with Crippen molar-refractivity contribution in [3.63, 3.8) is 0 Å². The molecule has 2 heterocycles. The maximum absolute atomic E-state index is 11.8. The van der Waals surface area contributed by atoms with E-state index in [9.17, 15) is 8.42 Å². The van der Waals surface area contributed by atoms with Crippen LogP contribution in [0.4, 0.5) is 0 Å². The van der Waals surface area contributed by atoms with E-state index in [1.54, 1.807) is 14.2 Å². The summed E-state index contributed by atoms with van der Waals surface area (Å²) in [5, 5.41) is 3.73. The Labute approximate surface area is 135 Å². The van der Waals surface area contributed by atoms with Crippen LogP contribution in [0.1, 0.15) is 5.56 Å². The Morgan fingerprint density at radius 3 is 2.68 bits per heavy atom. The smallest absolute Gasteiger partial charge is 0.169 e. The number of benzene rings is 1. The van der Waals surface area contributed by atoms with Crippen LogP contribution in [0.3, 0.4) is 0 Å². The third kappa shape index (κ3) is 2.72. The van der Waals surface area contributed by atoms with Gasteiger partial charge in [0.05, 0.1) is 37.8 Å². The van der Waals surface area contributed by atoms with Gasteiger partial charge in [-0.1, -0.05) is 6.07 Å². The molecule has 0 radical (unpaired) electrons. The van der Waals surface area contributed by atoms with E-state index in [2.05, 4.69) is 5.32 Å². The Morgan fingerprint density at radius 1 is 1.27 bits per heavy atom. The Hall–Kier alpha value is -1.54. The summed E-state index contributed by atoms with van der Waals surface area (Å²) in [5.41, 5.74) is 0.992. The minimum Gasteiger partial charge on any atom is -0.493 e. The standard InChI is InChI=1S/C14H18N2O4S2/c1-19-12-4-3-9(5-13(12)20-2)6-16-11-8-22(17,18)7-10(11)15-14(16)21/h3-5,10-11H,6-8H2,1-2H3,(H,15,21). The van der Waals surface area contributed by atoms with Gasteiger partial charge in [0.1, 0.15) is 0 Å². The molecule has 2 fully saturated rings. The molecule has 2 aliphatic rings. The van der Waals surface area contributed by atoms with E-state index in [1.165, 1.54) is 0 Å². The van der Waals surface area contributed by atoms with E-state index in [4.69, 9.17) is 21.7 Å². The highest BCUT2D eigenvalue weighted by atomic mass is 32.2. The third-order valence-corrected chi connectivity index (χ3v) is 6.16. The number of methoxy groups -OCH3 is 2. The molecular formula is C14H18N2O4S2. The number of fused-ring (bicyclic) bond motifs is 1. The summed E-state index contributed by atoms with van der Waals surface area (Å²) in [4.78, 5) is 1.95. The van der Waals surface area contributed by atoms with Crippen LogP contribution in [0.5, 0.6) is 11.5 Å². The predicted octanol–water partition coefficient (Wildman–Crippen LogP) is 0.559. The second kappa shape index (κ2) is 5.58. The zero-order chi connectivity index (χ0) is 15.9. The fourth-order valence-corrected chi connectivity index (χ4v) is 5.30. The summed E-state index contributed by atoms with van der Waals surface area (Å²) in [6.07, 6.45) is 0. The molecule has 8 heteroatoms. The molecule has 6 nitrogen and oxygen atoms in total. The fraction of sp³-hybridized carbons (Fsp3) is 0.500. The van der Waals surface area contributed by atoms with Gasteiger partial charge in [0, 0.05) is 6.54 Å². The summed E-state index contributed by atoms with van der Waals surface area (Å²) in [7, 11) is 0.189. The molecule has 22 heavy (non-hydrogen) atoms. The summed E-state index contributed by atoms with van der Waals surface area (Å²) in [6, 6.07) is 5.46. The van der Waals surface area contributed by atoms with Crippen LogP contribution in [0.25, 0.3) is 0 Å². The number of ether oxygens (including phenoxy) is 2. The molecule has 1 aromatic carbocycles. The monoisotopic (exact) mass is 342 g/mol. The van der Waals surface area contributed by atoms with Crippen molar-refractivity contribution in [3.05, 3.63) is 23.8 Å². The molecule has 0 bridgehead atoms. The second-order valence-electron chi connectivity index (χ2n) is 5.52. The Kier molecular flexibility index (Phi) is 3.90. The number of nitrogens with zero attached hydrogens (tertiary/aromatic N) is 1. The lowest BCUT2D eigenvalue weighted by Crippen LogP contribution is -2.36. The Bertz CT molecular complexity index is 705. The lowest BCUT2D eigenvalue weighted by Gasteiger charge is -2.23. The van der Waals surface area contributed by atoms with E-state index in [1.807, 2.05) is 23.1 Å².